The molecule has 2 rings (SSSR count). The van der Waals surface area contributed by atoms with E-state index < -0.39 is 0 Å². The van der Waals surface area contributed by atoms with E-state index >= 15 is 0 Å². The summed E-state index contributed by atoms with van der Waals surface area (Å²) < 4.78 is 4.90. The van der Waals surface area contributed by atoms with Crippen LogP contribution in [0.1, 0.15) is 28.7 Å². The molecule has 4 nitrogen and oxygen atoms in total. The van der Waals surface area contributed by atoms with Gasteiger partial charge in [-0.05, 0) is 37.5 Å². The molecule has 0 saturated heterocycles. The Morgan fingerprint density at radius 3 is 2.84 bits per heavy atom. The maximum absolute atomic E-state index is 11.4. The lowest BCUT2D eigenvalue weighted by molar-refractivity contribution is 0.101. The third-order valence-corrected chi connectivity index (χ3v) is 4.58. The first-order chi connectivity index (χ1) is 8.97. The van der Waals surface area contributed by atoms with Gasteiger partial charge in [-0.15, -0.1) is 0 Å². The van der Waals surface area contributed by atoms with E-state index in [-0.39, 0.29) is 17.1 Å². The molecule has 19 heavy (non-hydrogen) atoms. The molecule has 1 aromatic heterocycles. The number of aromatic nitrogens is 2. The monoisotopic (exact) mass is 314 g/mol. The van der Waals surface area contributed by atoms with Crippen molar-refractivity contribution < 1.29 is 9.90 Å². The Bertz CT molecular complexity index is 628. The van der Waals surface area contributed by atoms with Gasteiger partial charge in [0.25, 0.3) is 0 Å². The molecule has 100 valence electrons. The number of hydrogen-bond acceptors (Lipinski definition) is 6. The maximum Gasteiger partial charge on any atom is 0.170 e. The van der Waals surface area contributed by atoms with Gasteiger partial charge in [0, 0.05) is 16.3 Å². The van der Waals surface area contributed by atoms with Gasteiger partial charge in [-0.1, -0.05) is 23.4 Å². The van der Waals surface area contributed by atoms with Crippen LogP contribution in [-0.2, 0) is 5.75 Å². The Hall–Kier alpha value is -1.11. The Kier molecular flexibility index (Phi) is 4.44. The molecule has 0 spiro atoms. The third-order valence-electron chi connectivity index (χ3n) is 2.39. The van der Waals surface area contributed by atoms with Crippen LogP contribution in [0.25, 0.3) is 0 Å². The number of Topliss-reactive ketones (excluding diaryl/α,β-unsaturated/α-hetero) is 1. The molecular weight excluding hydrogens is 304 g/mol. The molecule has 7 heteroatoms. The quantitative estimate of drug-likeness (QED) is 0.688. The second kappa shape index (κ2) is 5.90. The molecule has 0 aliphatic carbocycles. The second-order valence-electron chi connectivity index (χ2n) is 3.91. The van der Waals surface area contributed by atoms with Crippen molar-refractivity contribution in [2.45, 2.75) is 23.9 Å². The van der Waals surface area contributed by atoms with E-state index in [9.17, 15) is 9.90 Å². The van der Waals surface area contributed by atoms with E-state index in [0.717, 1.165) is 10.2 Å². The molecule has 1 N–H and O–H groups in total. The molecule has 0 atom stereocenters. The van der Waals surface area contributed by atoms with Crippen LogP contribution in [0.5, 0.6) is 5.75 Å². The number of carbonyl (C=O) groups excluding carboxylic acids is 1. The predicted molar refractivity (Wildman–Crippen MR) is 77.3 cm³/mol. The fraction of sp³-hybridized carbons (Fsp3) is 0.250. The van der Waals surface area contributed by atoms with Crippen molar-refractivity contribution in [1.29, 1.82) is 0 Å². The zero-order valence-corrected chi connectivity index (χ0v) is 12.7. The number of nitrogens with zero attached hydrogens (tertiary/aromatic N) is 2. The molecule has 0 radical (unpaired) electrons. The van der Waals surface area contributed by atoms with Gasteiger partial charge in [0.05, 0.1) is 5.56 Å². The van der Waals surface area contributed by atoms with E-state index in [1.807, 2.05) is 6.92 Å². The summed E-state index contributed by atoms with van der Waals surface area (Å²) in [5, 5.41) is 10.5. The Morgan fingerprint density at radius 1 is 1.53 bits per heavy atom. The van der Waals surface area contributed by atoms with Crippen LogP contribution in [0.4, 0.5) is 0 Å². The van der Waals surface area contributed by atoms with Crippen molar-refractivity contribution in [3.63, 3.8) is 0 Å². The molecule has 0 amide bonds. The van der Waals surface area contributed by atoms with Crippen molar-refractivity contribution in [3.8, 4) is 5.75 Å². The molecular formula is C12H11ClN2O2S2. The van der Waals surface area contributed by atoms with E-state index in [1.54, 1.807) is 6.07 Å². The number of aromatic hydroxyl groups is 1. The predicted octanol–water partition coefficient (Wildman–Crippen LogP) is 3.70. The Labute approximate surface area is 124 Å². The number of aryl methyl sites for hydroxylation is 1. The highest BCUT2D eigenvalue weighted by molar-refractivity contribution is 8.00. The number of ketones is 1. The fourth-order valence-electron chi connectivity index (χ4n) is 1.51. The zero-order chi connectivity index (χ0) is 14.0. The van der Waals surface area contributed by atoms with Gasteiger partial charge < -0.3 is 5.11 Å². The minimum absolute atomic E-state index is 0.00867. The van der Waals surface area contributed by atoms with E-state index in [1.165, 1.54) is 36.3 Å². The van der Waals surface area contributed by atoms with Crippen molar-refractivity contribution in [3.05, 3.63) is 34.1 Å². The first-order valence-corrected chi connectivity index (χ1v) is 7.56. The van der Waals surface area contributed by atoms with Gasteiger partial charge >= 0.3 is 0 Å². The summed E-state index contributed by atoms with van der Waals surface area (Å²) in [7, 11) is 0. The average molecular weight is 315 g/mol. The SMILES string of the molecule is CC(=O)c1cc(Cl)cc(CSc2nc(C)ns2)c1O. The van der Waals surface area contributed by atoms with E-state index in [2.05, 4.69) is 9.36 Å². The van der Waals surface area contributed by atoms with Crippen LogP contribution in [0, 0.1) is 6.92 Å². The number of phenolic OH excluding ortho intramolecular Hbond substituents is 1. The summed E-state index contributed by atoms with van der Waals surface area (Å²) in [6, 6.07) is 3.13. The smallest absolute Gasteiger partial charge is 0.170 e. The van der Waals surface area contributed by atoms with Gasteiger partial charge in [0.1, 0.15) is 11.6 Å². The highest BCUT2D eigenvalue weighted by Crippen LogP contribution is 2.33. The highest BCUT2D eigenvalue weighted by atomic mass is 35.5. The fourth-order valence-corrected chi connectivity index (χ4v) is 3.37. The summed E-state index contributed by atoms with van der Waals surface area (Å²) in [6.45, 7) is 3.22. The van der Waals surface area contributed by atoms with Crippen molar-refractivity contribution in [1.82, 2.24) is 9.36 Å². The van der Waals surface area contributed by atoms with Crippen LogP contribution in [0.15, 0.2) is 16.5 Å². The minimum atomic E-state index is -0.210. The summed E-state index contributed by atoms with van der Waals surface area (Å²) in [6.07, 6.45) is 0. The molecule has 0 fully saturated rings. The van der Waals surface area contributed by atoms with Crippen LogP contribution < -0.4 is 0 Å². The third kappa shape index (κ3) is 3.46. The number of benzene rings is 1. The molecule has 1 aromatic carbocycles. The van der Waals surface area contributed by atoms with Gasteiger partial charge in [-0.3, -0.25) is 4.79 Å². The molecule has 0 aliphatic heterocycles. The minimum Gasteiger partial charge on any atom is -0.507 e. The summed E-state index contributed by atoms with van der Waals surface area (Å²) in [5.41, 5.74) is 0.868. The van der Waals surface area contributed by atoms with Gasteiger partial charge in [-0.2, -0.15) is 4.37 Å². The number of hydrogen-bond donors (Lipinski definition) is 1. The summed E-state index contributed by atoms with van der Waals surface area (Å²) >= 11 is 8.72. The van der Waals surface area contributed by atoms with Crippen LogP contribution in [0.3, 0.4) is 0 Å². The largest absolute Gasteiger partial charge is 0.507 e. The van der Waals surface area contributed by atoms with Crippen molar-refractivity contribution in [2.24, 2.45) is 0 Å². The lowest BCUT2D eigenvalue weighted by Crippen LogP contribution is -1.96. The van der Waals surface area contributed by atoms with E-state index in [0.29, 0.717) is 16.3 Å². The van der Waals surface area contributed by atoms with Crippen molar-refractivity contribution >= 4 is 40.7 Å². The molecule has 1 heterocycles. The normalized spacial score (nSPS) is 10.7. The molecule has 0 saturated carbocycles. The number of halogens is 1. The van der Waals surface area contributed by atoms with Crippen LogP contribution >= 0.6 is 34.9 Å². The standard InChI is InChI=1S/C12H11ClN2O2S2/c1-6(16)10-4-9(13)3-8(11(10)17)5-18-12-14-7(2)15-19-12/h3-4,17H,5H2,1-2H3. The molecule has 2 aromatic rings. The summed E-state index contributed by atoms with van der Waals surface area (Å²) in [5.74, 6) is 0.997. The Balaban J connectivity index is 2.22. The van der Waals surface area contributed by atoms with Crippen molar-refractivity contribution in [2.75, 3.05) is 0 Å². The number of rotatable bonds is 4. The molecule has 0 bridgehead atoms. The highest BCUT2D eigenvalue weighted by Gasteiger charge is 2.14. The number of phenols is 1. The first-order valence-electron chi connectivity index (χ1n) is 5.43. The van der Waals surface area contributed by atoms with Gasteiger partial charge in [0.15, 0.2) is 10.1 Å². The average Bonchev–Trinajstić information content (AvgIpc) is 2.75. The lowest BCUT2D eigenvalue weighted by atomic mass is 10.1. The lowest BCUT2D eigenvalue weighted by Gasteiger charge is -2.08. The van der Waals surface area contributed by atoms with Crippen LogP contribution in [-0.4, -0.2) is 20.2 Å². The van der Waals surface area contributed by atoms with Gasteiger partial charge in [-0.25, -0.2) is 4.98 Å². The number of carbonyl (C=O) groups is 1. The zero-order valence-electron chi connectivity index (χ0n) is 10.3. The molecule has 0 aliphatic rings. The maximum atomic E-state index is 11.4. The number of thioether (sulfide) groups is 1. The Morgan fingerprint density at radius 2 is 2.26 bits per heavy atom. The molecule has 0 unspecified atom stereocenters. The topological polar surface area (TPSA) is 63.1 Å². The second-order valence-corrected chi connectivity index (χ2v) is 6.32. The summed E-state index contributed by atoms with van der Waals surface area (Å²) in [4.78, 5) is 15.6. The van der Waals surface area contributed by atoms with Gasteiger partial charge in [0.2, 0.25) is 0 Å². The van der Waals surface area contributed by atoms with Crippen LogP contribution in [0.2, 0.25) is 5.02 Å². The van der Waals surface area contributed by atoms with E-state index in [4.69, 9.17) is 11.6 Å². The first kappa shape index (κ1) is 14.3.